The summed E-state index contributed by atoms with van der Waals surface area (Å²) in [5.74, 6) is 0. The van der Waals surface area contributed by atoms with Gasteiger partial charge in [-0.25, -0.2) is 0 Å². The zero-order valence-corrected chi connectivity index (χ0v) is 4.77. The second-order valence-electron chi connectivity index (χ2n) is 1.00. The normalized spacial score (nSPS) is 9.43. The van der Waals surface area contributed by atoms with E-state index in [1.54, 1.807) is 0 Å². The summed E-state index contributed by atoms with van der Waals surface area (Å²) in [6.07, 6.45) is 5.04. The van der Waals surface area contributed by atoms with Gasteiger partial charge in [-0.1, -0.05) is 23.2 Å². The van der Waals surface area contributed by atoms with Gasteiger partial charge >= 0.3 is 0 Å². The summed E-state index contributed by atoms with van der Waals surface area (Å²) in [7, 11) is 0. The molecule has 1 rings (SSSR count). The Morgan fingerprint density at radius 1 is 1.14 bits per heavy atom. The summed E-state index contributed by atoms with van der Waals surface area (Å²) in [6, 6.07) is 0. The van der Waals surface area contributed by atoms with E-state index in [4.69, 9.17) is 23.2 Å². The van der Waals surface area contributed by atoms with E-state index in [0.717, 1.165) is 0 Å². The molecular weight excluding hydrogens is 133 g/mol. The second-order valence-corrected chi connectivity index (χ2v) is 1.76. The molecule has 0 bridgehead atoms. The van der Waals surface area contributed by atoms with Gasteiger partial charge in [0.1, 0.15) is 0 Å². The summed E-state index contributed by atoms with van der Waals surface area (Å²) < 4.78 is 0. The summed E-state index contributed by atoms with van der Waals surface area (Å²) >= 11 is 10.7. The molecule has 1 aromatic heterocycles. The highest BCUT2D eigenvalue weighted by Gasteiger charge is 1.93. The largest absolute Gasteiger partial charge is 0.350 e. The van der Waals surface area contributed by atoms with Crippen molar-refractivity contribution in [1.29, 1.82) is 0 Å². The number of aromatic nitrogens is 1. The molecule has 0 aromatic carbocycles. The van der Waals surface area contributed by atoms with Crippen LogP contribution in [-0.4, -0.2) is 4.98 Å². The van der Waals surface area contributed by atoms with Crippen LogP contribution in [0.3, 0.4) is 0 Å². The number of hydrogen-bond donors (Lipinski definition) is 1. The van der Waals surface area contributed by atoms with Gasteiger partial charge in [0.2, 0.25) is 0 Å². The highest BCUT2D eigenvalue weighted by atomic mass is 35.5. The molecule has 7 heavy (non-hydrogen) atoms. The van der Waals surface area contributed by atoms with E-state index in [1.807, 2.05) is 0 Å². The first-order valence-electron chi connectivity index (χ1n) is 1.63. The number of H-pyrrole nitrogens is 1. The summed E-state index contributed by atoms with van der Waals surface area (Å²) in [6.45, 7) is 0. The number of hydrogen-bond acceptors (Lipinski definition) is 0. The summed E-state index contributed by atoms with van der Waals surface area (Å²) in [4.78, 5) is 2.48. The van der Waals surface area contributed by atoms with Crippen LogP contribution in [0.2, 0.25) is 10.0 Å². The van der Waals surface area contributed by atoms with E-state index in [9.17, 15) is 0 Å². The molecule has 0 spiro atoms. The zero-order valence-electron chi connectivity index (χ0n) is 3.26. The fourth-order valence-corrected chi connectivity index (χ4v) is 0.440. The Bertz CT molecular complexity index is 142. The zero-order chi connectivity index (χ0) is 5.28. The Balaban J connectivity index is 3.12. The Labute approximate surface area is 51.2 Å². The monoisotopic (exact) mass is 133 g/mol. The first-order chi connectivity index (χ1) is 3.30. The molecule has 0 saturated carbocycles. The molecule has 1 nitrogen and oxygen atoms in total. The maximum absolute atomic E-state index is 5.37. The average Bonchev–Trinajstić information content (AvgIpc) is 1.91. The predicted molar refractivity (Wildman–Crippen MR) is 28.5 cm³/mol. The van der Waals surface area contributed by atoms with Gasteiger partial charge in [0, 0.05) is 0 Å². The molecule has 36 valence electrons. The first-order valence-corrected chi connectivity index (χ1v) is 2.38. The van der Waals surface area contributed by atoms with Gasteiger partial charge < -0.3 is 4.98 Å². The van der Waals surface area contributed by atoms with Crippen LogP contribution in [0.4, 0.5) is 0 Å². The molecule has 0 fully saturated rings. The van der Waals surface area contributed by atoms with Crippen LogP contribution >= 0.6 is 23.2 Å². The van der Waals surface area contributed by atoms with Crippen molar-refractivity contribution in [2.45, 2.75) is 0 Å². The van der Waals surface area contributed by atoms with E-state index < -0.39 is 0 Å². The molecule has 0 amide bonds. The van der Waals surface area contributed by atoms with Crippen molar-refractivity contribution in [2.24, 2.45) is 0 Å². The number of aromatic amines is 1. The smallest absolute Gasteiger partial charge is 0.0871 e. The highest BCUT2D eigenvalue weighted by Crippen LogP contribution is 2.17. The van der Waals surface area contributed by atoms with Gasteiger partial charge in [0.15, 0.2) is 0 Å². The van der Waals surface area contributed by atoms with Gasteiger partial charge in [0.05, 0.1) is 22.4 Å². The van der Waals surface area contributed by atoms with Crippen molar-refractivity contribution < 1.29 is 0 Å². The lowest BCUT2D eigenvalue weighted by molar-refractivity contribution is 1.38. The molecule has 0 saturated heterocycles. The van der Waals surface area contributed by atoms with Crippen molar-refractivity contribution in [3.8, 4) is 0 Å². The van der Waals surface area contributed by atoms with Crippen molar-refractivity contribution in [3.05, 3.63) is 22.4 Å². The van der Waals surface area contributed by atoms with Gasteiger partial charge in [0.25, 0.3) is 0 Å². The van der Waals surface area contributed by atoms with E-state index in [-0.39, 0.29) is 0 Å². The van der Waals surface area contributed by atoms with Crippen molar-refractivity contribution >= 4 is 23.2 Å². The maximum Gasteiger partial charge on any atom is 0.0871 e. The Morgan fingerprint density at radius 3 is 1.71 bits per heavy atom. The van der Waals surface area contributed by atoms with Crippen molar-refractivity contribution in [3.63, 3.8) is 0 Å². The van der Waals surface area contributed by atoms with Crippen molar-refractivity contribution in [1.82, 2.24) is 4.98 Å². The van der Waals surface area contributed by atoms with Gasteiger partial charge in [-0.05, 0) is 0 Å². The Hall–Kier alpha value is -0.140. The summed E-state index contributed by atoms with van der Waals surface area (Å²) in [5, 5.41) is 0.781. The lowest BCUT2D eigenvalue weighted by atomic mass is 10.7. The molecule has 1 N–H and O–H groups in total. The minimum atomic E-state index is 0.390. The topological polar surface area (TPSA) is 15.8 Å². The lowest BCUT2D eigenvalue weighted by Gasteiger charge is -1.71. The minimum Gasteiger partial charge on any atom is -0.350 e. The van der Waals surface area contributed by atoms with Crippen molar-refractivity contribution in [2.75, 3.05) is 0 Å². The number of rotatable bonds is 0. The number of nitrogens with one attached hydrogen (secondary N) is 1. The lowest BCUT2D eigenvalue weighted by Crippen LogP contribution is -1.47. The molecule has 0 aliphatic rings. The van der Waals surface area contributed by atoms with Crippen LogP contribution in [0.15, 0.2) is 0 Å². The highest BCUT2D eigenvalue weighted by molar-refractivity contribution is 6.41. The Kier molecular flexibility index (Phi) is 1.26. The average molecular weight is 134 g/mol. The van der Waals surface area contributed by atoms with E-state index in [2.05, 4.69) is 17.4 Å². The molecule has 0 aliphatic heterocycles. The molecular formula is C4HCl2N. The van der Waals surface area contributed by atoms with Crippen LogP contribution in [0, 0.1) is 12.4 Å². The Morgan fingerprint density at radius 2 is 1.57 bits per heavy atom. The molecule has 0 atom stereocenters. The fraction of sp³-hybridized carbons (Fsp3) is 0. The predicted octanol–water partition coefficient (Wildman–Crippen LogP) is 1.92. The van der Waals surface area contributed by atoms with Crippen LogP contribution < -0.4 is 0 Å². The quantitative estimate of drug-likeness (QED) is 0.557. The molecule has 1 aromatic rings. The van der Waals surface area contributed by atoms with Crippen LogP contribution in [-0.2, 0) is 0 Å². The third kappa shape index (κ3) is 0.898. The van der Waals surface area contributed by atoms with E-state index >= 15 is 0 Å². The van der Waals surface area contributed by atoms with Gasteiger partial charge in [-0.2, -0.15) is 0 Å². The van der Waals surface area contributed by atoms with Gasteiger partial charge in [-0.15, -0.1) is 0 Å². The fourth-order valence-electron chi connectivity index (χ4n) is 0.251. The molecule has 3 heteroatoms. The first kappa shape index (κ1) is 5.01. The second kappa shape index (κ2) is 1.76. The maximum atomic E-state index is 5.37. The molecule has 0 aliphatic carbocycles. The molecule has 0 unspecified atom stereocenters. The SMILES string of the molecule is Clc1[c][nH][c]c1Cl. The van der Waals surface area contributed by atoms with Crippen LogP contribution in [0.1, 0.15) is 0 Å². The standard InChI is InChI=1S/C4HCl2N/c5-3-1-7-2-4(3)6/h7H. The molecule has 2 radical (unpaired) electrons. The number of halogens is 2. The minimum absolute atomic E-state index is 0.390. The third-order valence-corrected chi connectivity index (χ3v) is 1.20. The van der Waals surface area contributed by atoms with E-state index in [1.165, 1.54) is 0 Å². The van der Waals surface area contributed by atoms with Crippen LogP contribution in [0.5, 0.6) is 0 Å². The summed E-state index contributed by atoms with van der Waals surface area (Å²) in [5.41, 5.74) is 0. The van der Waals surface area contributed by atoms with Crippen LogP contribution in [0.25, 0.3) is 0 Å². The molecule has 1 heterocycles. The van der Waals surface area contributed by atoms with Gasteiger partial charge in [-0.3, -0.25) is 0 Å². The van der Waals surface area contributed by atoms with E-state index in [0.29, 0.717) is 10.0 Å². The third-order valence-electron chi connectivity index (χ3n) is 0.537.